The van der Waals surface area contributed by atoms with Gasteiger partial charge in [-0.05, 0) is 37.3 Å². The average molecular weight is 371 g/mol. The van der Waals surface area contributed by atoms with Gasteiger partial charge in [-0.1, -0.05) is 59.4 Å². The van der Waals surface area contributed by atoms with E-state index in [9.17, 15) is 8.42 Å². The molecule has 1 aromatic rings. The minimum absolute atomic E-state index is 0.0534. The van der Waals surface area contributed by atoms with Gasteiger partial charge in [0.15, 0.2) is 3.79 Å². The third-order valence-corrected chi connectivity index (χ3v) is 6.20. The van der Waals surface area contributed by atoms with Gasteiger partial charge in [0.25, 0.3) is 0 Å². The molecule has 0 saturated carbocycles. The van der Waals surface area contributed by atoms with Gasteiger partial charge in [-0.2, -0.15) is 4.31 Å². The third kappa shape index (κ3) is 4.26. The molecule has 2 rings (SSSR count). The highest BCUT2D eigenvalue weighted by Crippen LogP contribution is 2.39. The van der Waals surface area contributed by atoms with Crippen LogP contribution in [0.15, 0.2) is 29.2 Å². The molecule has 0 radical (unpaired) electrons. The second-order valence-electron chi connectivity index (χ2n) is 5.69. The molecule has 1 aromatic carbocycles. The van der Waals surface area contributed by atoms with Gasteiger partial charge in [0.2, 0.25) is 10.0 Å². The lowest BCUT2D eigenvalue weighted by molar-refractivity contribution is 0.423. The zero-order valence-electron chi connectivity index (χ0n) is 11.9. The van der Waals surface area contributed by atoms with Crippen LogP contribution in [0.3, 0.4) is 0 Å². The highest BCUT2D eigenvalue weighted by atomic mass is 35.6. The fourth-order valence-corrected chi connectivity index (χ4v) is 4.80. The van der Waals surface area contributed by atoms with Crippen molar-refractivity contribution < 1.29 is 8.42 Å². The predicted octanol–water partition coefficient (Wildman–Crippen LogP) is 4.01. The van der Waals surface area contributed by atoms with E-state index in [1.165, 1.54) is 4.31 Å². The van der Waals surface area contributed by atoms with Crippen molar-refractivity contribution >= 4 is 44.8 Å². The maximum atomic E-state index is 12.6. The summed E-state index contributed by atoms with van der Waals surface area (Å²) in [5.41, 5.74) is 1.03. The van der Waals surface area contributed by atoms with Gasteiger partial charge in [-0.15, -0.1) is 0 Å². The molecule has 0 aromatic heterocycles. The summed E-state index contributed by atoms with van der Waals surface area (Å²) in [5.74, 6) is 0.221. The fraction of sp³-hybridized carbons (Fsp3) is 0.571. The molecule has 0 spiro atoms. The van der Waals surface area contributed by atoms with Crippen molar-refractivity contribution in [2.45, 2.75) is 29.0 Å². The number of nitrogens with zero attached hydrogens (tertiary/aromatic N) is 1. The monoisotopic (exact) mass is 369 g/mol. The van der Waals surface area contributed by atoms with Crippen molar-refractivity contribution in [3.8, 4) is 0 Å². The Morgan fingerprint density at radius 3 is 2.29 bits per heavy atom. The van der Waals surface area contributed by atoms with Crippen LogP contribution in [-0.4, -0.2) is 29.6 Å². The van der Waals surface area contributed by atoms with Crippen LogP contribution in [0, 0.1) is 18.8 Å². The fourth-order valence-electron chi connectivity index (χ4n) is 2.60. The van der Waals surface area contributed by atoms with Gasteiger partial charge in [0, 0.05) is 13.1 Å². The minimum atomic E-state index is -3.47. The van der Waals surface area contributed by atoms with Crippen LogP contribution in [0.2, 0.25) is 0 Å². The van der Waals surface area contributed by atoms with E-state index in [1.807, 2.05) is 13.8 Å². The highest BCUT2D eigenvalue weighted by Gasteiger charge is 2.40. The quantitative estimate of drug-likeness (QED) is 0.754. The molecule has 3 nitrogen and oxygen atoms in total. The largest absolute Gasteiger partial charge is 0.243 e. The number of hydrogen-bond donors (Lipinski definition) is 0. The number of alkyl halides is 3. The van der Waals surface area contributed by atoms with E-state index in [0.717, 1.165) is 5.56 Å². The van der Waals surface area contributed by atoms with Gasteiger partial charge in [-0.25, -0.2) is 8.42 Å². The van der Waals surface area contributed by atoms with Crippen molar-refractivity contribution in [3.05, 3.63) is 29.8 Å². The molecule has 2 unspecified atom stereocenters. The summed E-state index contributed by atoms with van der Waals surface area (Å²) < 4.78 is 25.4. The number of halogens is 3. The molecular weight excluding hydrogens is 353 g/mol. The average Bonchev–Trinajstić information content (AvgIpc) is 2.70. The summed E-state index contributed by atoms with van der Waals surface area (Å²) in [5, 5.41) is 0. The normalized spacial score (nSPS) is 24.4. The SMILES string of the molecule is Cc1ccc(S(=O)(=O)N2CC(C)C(CC(Cl)(Cl)Cl)C2)cc1. The smallest absolute Gasteiger partial charge is 0.207 e. The molecular formula is C14H18Cl3NO2S. The van der Waals surface area contributed by atoms with Crippen LogP contribution in [0.25, 0.3) is 0 Å². The van der Waals surface area contributed by atoms with Crippen LogP contribution in [0.4, 0.5) is 0 Å². The molecule has 1 aliphatic heterocycles. The van der Waals surface area contributed by atoms with Gasteiger partial charge in [0.05, 0.1) is 4.90 Å². The van der Waals surface area contributed by atoms with Crippen molar-refractivity contribution in [2.24, 2.45) is 11.8 Å². The molecule has 0 amide bonds. The summed E-state index contributed by atoms with van der Waals surface area (Å²) in [4.78, 5) is 0.315. The van der Waals surface area contributed by atoms with Crippen LogP contribution >= 0.6 is 34.8 Å². The standard InChI is InChI=1S/C14H18Cl3NO2S/c1-10-3-5-13(6-4-10)21(19,20)18-8-11(2)12(9-18)7-14(15,16)17/h3-6,11-12H,7-9H2,1-2H3. The Kier molecular flexibility index (Phi) is 5.16. The van der Waals surface area contributed by atoms with Gasteiger partial charge < -0.3 is 0 Å². The van der Waals surface area contributed by atoms with Crippen LogP contribution < -0.4 is 0 Å². The maximum Gasteiger partial charge on any atom is 0.243 e. The van der Waals surface area contributed by atoms with Crippen molar-refractivity contribution in [3.63, 3.8) is 0 Å². The zero-order valence-corrected chi connectivity index (χ0v) is 15.0. The van der Waals surface area contributed by atoms with Gasteiger partial charge >= 0.3 is 0 Å². The number of benzene rings is 1. The van der Waals surface area contributed by atoms with Gasteiger partial charge in [0.1, 0.15) is 0 Å². The van der Waals surface area contributed by atoms with Crippen LogP contribution in [-0.2, 0) is 10.0 Å². The second kappa shape index (κ2) is 6.25. The molecule has 0 bridgehead atoms. The maximum absolute atomic E-state index is 12.6. The van der Waals surface area contributed by atoms with E-state index in [1.54, 1.807) is 24.3 Å². The first kappa shape index (κ1) is 17.4. The Balaban J connectivity index is 2.17. The first-order chi connectivity index (χ1) is 9.59. The van der Waals surface area contributed by atoms with E-state index in [-0.39, 0.29) is 11.8 Å². The Labute approximate surface area is 141 Å². The minimum Gasteiger partial charge on any atom is -0.207 e. The molecule has 0 N–H and O–H groups in total. The Morgan fingerprint density at radius 1 is 1.19 bits per heavy atom. The molecule has 2 atom stereocenters. The van der Waals surface area contributed by atoms with Crippen molar-refractivity contribution in [2.75, 3.05) is 13.1 Å². The van der Waals surface area contributed by atoms with E-state index < -0.39 is 13.8 Å². The Hall–Kier alpha value is -0.000000000000000167. The summed E-state index contributed by atoms with van der Waals surface area (Å²) in [6.45, 7) is 4.77. The molecule has 7 heteroatoms. The molecule has 1 heterocycles. The molecule has 1 aliphatic rings. The zero-order chi connectivity index (χ0) is 15.8. The van der Waals surface area contributed by atoms with E-state index in [4.69, 9.17) is 34.8 Å². The van der Waals surface area contributed by atoms with E-state index in [0.29, 0.717) is 24.4 Å². The summed E-state index contributed by atoms with van der Waals surface area (Å²) in [7, 11) is -3.47. The van der Waals surface area contributed by atoms with Crippen LogP contribution in [0.5, 0.6) is 0 Å². The van der Waals surface area contributed by atoms with Crippen molar-refractivity contribution in [1.82, 2.24) is 4.31 Å². The Bertz CT molecular complexity index is 596. The lowest BCUT2D eigenvalue weighted by Gasteiger charge is -2.19. The summed E-state index contributed by atoms with van der Waals surface area (Å²) >= 11 is 17.5. The Morgan fingerprint density at radius 2 is 1.76 bits per heavy atom. The number of sulfonamides is 1. The molecule has 118 valence electrons. The number of hydrogen-bond acceptors (Lipinski definition) is 2. The first-order valence-corrected chi connectivity index (χ1v) is 9.30. The molecule has 0 aliphatic carbocycles. The lowest BCUT2D eigenvalue weighted by atomic mass is 9.95. The summed E-state index contributed by atoms with van der Waals surface area (Å²) in [6, 6.07) is 6.87. The third-order valence-electron chi connectivity index (χ3n) is 3.89. The topological polar surface area (TPSA) is 37.4 Å². The lowest BCUT2D eigenvalue weighted by Crippen LogP contribution is -2.29. The van der Waals surface area contributed by atoms with Crippen molar-refractivity contribution in [1.29, 1.82) is 0 Å². The molecule has 1 fully saturated rings. The first-order valence-electron chi connectivity index (χ1n) is 6.73. The van der Waals surface area contributed by atoms with Gasteiger partial charge in [-0.3, -0.25) is 0 Å². The second-order valence-corrected chi connectivity index (χ2v) is 10.1. The number of rotatable bonds is 3. The molecule has 21 heavy (non-hydrogen) atoms. The van der Waals surface area contributed by atoms with Crippen LogP contribution in [0.1, 0.15) is 18.9 Å². The predicted molar refractivity (Wildman–Crippen MR) is 87.5 cm³/mol. The van der Waals surface area contributed by atoms with E-state index in [2.05, 4.69) is 0 Å². The van der Waals surface area contributed by atoms with E-state index >= 15 is 0 Å². The number of aryl methyl sites for hydroxylation is 1. The summed E-state index contributed by atoms with van der Waals surface area (Å²) in [6.07, 6.45) is 0.360. The highest BCUT2D eigenvalue weighted by molar-refractivity contribution is 7.89. The molecule has 1 saturated heterocycles.